The highest BCUT2D eigenvalue weighted by Gasteiger charge is 2.31. The van der Waals surface area contributed by atoms with Crippen LogP contribution >= 0.6 is 15.9 Å². The monoisotopic (exact) mass is 775 g/mol. The van der Waals surface area contributed by atoms with E-state index in [1.807, 2.05) is 45.9 Å². The highest BCUT2D eigenvalue weighted by Crippen LogP contribution is 2.31. The second-order valence-corrected chi connectivity index (χ2v) is 10.9. The van der Waals surface area contributed by atoms with Gasteiger partial charge in [-0.15, -0.1) is 0 Å². The van der Waals surface area contributed by atoms with Crippen LogP contribution in [0.1, 0.15) is 81.3 Å². The van der Waals surface area contributed by atoms with Crippen LogP contribution in [-0.4, -0.2) is 36.4 Å². The van der Waals surface area contributed by atoms with Crippen LogP contribution in [0.3, 0.4) is 0 Å². The van der Waals surface area contributed by atoms with Crippen molar-refractivity contribution in [3.05, 3.63) is 123 Å². The number of nitrogen functional groups attached to an aromatic ring is 1. The van der Waals surface area contributed by atoms with Crippen molar-refractivity contribution in [3.63, 3.8) is 0 Å². The number of rotatable bonds is 12. The van der Waals surface area contributed by atoms with E-state index in [1.54, 1.807) is 24.5 Å². The summed E-state index contributed by atoms with van der Waals surface area (Å²) < 4.78 is 96.7. The Labute approximate surface area is 298 Å². The number of hydrogen-bond acceptors (Lipinski definition) is 7. The number of ether oxygens (including phenoxy) is 4. The molecule has 2 aromatic carbocycles. The Hall–Kier alpha value is -3.56. The van der Waals surface area contributed by atoms with Crippen molar-refractivity contribution in [1.29, 1.82) is 0 Å². The maximum Gasteiger partial charge on any atom is 0.416 e. The van der Waals surface area contributed by atoms with Gasteiger partial charge in [0.2, 0.25) is 12.6 Å². The third kappa shape index (κ3) is 16.0. The van der Waals surface area contributed by atoms with E-state index >= 15 is 0 Å². The Kier molecular flexibility index (Phi) is 19.8. The molecule has 0 radical (unpaired) electrons. The first kappa shape index (κ1) is 44.5. The molecule has 0 atom stereocenters. The molecule has 0 aliphatic carbocycles. The quantitative estimate of drug-likeness (QED) is 0.0871. The average Bonchev–Trinajstić information content (AvgIpc) is 3.05. The van der Waals surface area contributed by atoms with Gasteiger partial charge in [0.05, 0.1) is 22.5 Å². The Bertz CT molecular complexity index is 1500. The van der Waals surface area contributed by atoms with Crippen LogP contribution in [0.4, 0.5) is 32.0 Å². The molecule has 2 N–H and O–H groups in total. The number of halogens is 7. The fourth-order valence-electron chi connectivity index (χ4n) is 4.06. The van der Waals surface area contributed by atoms with Crippen molar-refractivity contribution < 1.29 is 45.3 Å². The normalized spacial score (nSPS) is 11.3. The minimum absolute atomic E-state index is 0. The summed E-state index contributed by atoms with van der Waals surface area (Å²) >= 11 is 3.33. The molecule has 0 amide bonds. The van der Waals surface area contributed by atoms with E-state index in [2.05, 4.69) is 25.9 Å². The minimum Gasteiger partial charge on any atom is -0.399 e. The number of hydrogen-bond donors (Lipinski definition) is 1. The van der Waals surface area contributed by atoms with Gasteiger partial charge in [0.1, 0.15) is 0 Å². The van der Waals surface area contributed by atoms with Crippen LogP contribution in [0.2, 0.25) is 0 Å². The Morgan fingerprint density at radius 1 is 0.620 bits per heavy atom. The number of anilines is 1. The molecular formula is C36H44BrF6N3O4. The zero-order valence-electron chi connectivity index (χ0n) is 27.5. The van der Waals surface area contributed by atoms with E-state index < -0.39 is 29.8 Å². The Morgan fingerprint density at radius 3 is 1.46 bits per heavy atom. The predicted molar refractivity (Wildman–Crippen MR) is 185 cm³/mol. The van der Waals surface area contributed by atoms with Crippen LogP contribution in [0, 0.1) is 0 Å². The van der Waals surface area contributed by atoms with Crippen LogP contribution in [0.5, 0.6) is 0 Å². The van der Waals surface area contributed by atoms with Gasteiger partial charge in [-0.25, -0.2) is 0 Å². The van der Waals surface area contributed by atoms with Gasteiger partial charge in [-0.2, -0.15) is 26.3 Å². The van der Waals surface area contributed by atoms with Crippen molar-refractivity contribution in [2.24, 2.45) is 0 Å². The van der Waals surface area contributed by atoms with E-state index in [0.717, 1.165) is 40.0 Å². The van der Waals surface area contributed by atoms with Crippen LogP contribution in [-0.2, 0) is 37.7 Å². The second kappa shape index (κ2) is 22.3. The smallest absolute Gasteiger partial charge is 0.399 e. The highest BCUT2D eigenvalue weighted by atomic mass is 79.9. The zero-order valence-corrected chi connectivity index (χ0v) is 29.1. The van der Waals surface area contributed by atoms with Crippen molar-refractivity contribution in [2.75, 3.05) is 32.2 Å². The molecular weight excluding hydrogens is 732 g/mol. The van der Waals surface area contributed by atoms with E-state index in [4.69, 9.17) is 24.7 Å². The molecule has 0 unspecified atom stereocenters. The maximum atomic E-state index is 12.8. The predicted octanol–water partition coefficient (Wildman–Crippen LogP) is 10.6. The lowest BCUT2D eigenvalue weighted by Crippen LogP contribution is -2.10. The van der Waals surface area contributed by atoms with E-state index in [1.165, 1.54) is 18.2 Å². The van der Waals surface area contributed by atoms with Gasteiger partial charge in [0, 0.05) is 49.0 Å². The van der Waals surface area contributed by atoms with Crippen molar-refractivity contribution in [2.45, 2.75) is 66.5 Å². The lowest BCUT2D eigenvalue weighted by Gasteiger charge is -2.16. The summed E-state index contributed by atoms with van der Waals surface area (Å²) in [6.45, 7) is 9.83. The molecule has 4 rings (SSSR count). The second-order valence-electron chi connectivity index (χ2n) is 9.98. The van der Waals surface area contributed by atoms with Gasteiger partial charge in [-0.3, -0.25) is 9.97 Å². The lowest BCUT2D eigenvalue weighted by molar-refractivity contribution is -0.142. The van der Waals surface area contributed by atoms with Gasteiger partial charge in [0.25, 0.3) is 0 Å². The number of nitrogens with zero attached hydrogens (tertiary/aromatic N) is 2. The number of alkyl halides is 6. The van der Waals surface area contributed by atoms with Crippen molar-refractivity contribution in [1.82, 2.24) is 9.97 Å². The molecule has 0 fully saturated rings. The van der Waals surface area contributed by atoms with E-state index in [-0.39, 0.29) is 19.4 Å². The van der Waals surface area contributed by atoms with Crippen molar-refractivity contribution in [3.8, 4) is 0 Å². The molecule has 0 saturated carbocycles. The van der Waals surface area contributed by atoms with E-state index in [9.17, 15) is 26.3 Å². The first-order chi connectivity index (χ1) is 23.2. The van der Waals surface area contributed by atoms with Crippen molar-refractivity contribution >= 4 is 21.6 Å². The summed E-state index contributed by atoms with van der Waals surface area (Å²) in [5.41, 5.74) is 6.79. The Morgan fingerprint density at radius 2 is 1.08 bits per heavy atom. The Balaban J connectivity index is 0.000000408. The van der Waals surface area contributed by atoms with Gasteiger partial charge in [-0.05, 0) is 104 Å². The lowest BCUT2D eigenvalue weighted by atomic mass is 10.0. The molecule has 4 aromatic rings. The van der Waals surface area contributed by atoms with Crippen LogP contribution in [0.25, 0.3) is 0 Å². The molecule has 0 saturated heterocycles. The third-order valence-electron chi connectivity index (χ3n) is 6.23. The molecule has 14 heteroatoms. The minimum atomic E-state index is -4.33. The number of benzene rings is 2. The van der Waals surface area contributed by atoms with E-state index in [0.29, 0.717) is 44.1 Å². The number of pyridine rings is 2. The fourth-order valence-corrected chi connectivity index (χ4v) is 4.29. The number of aromatic nitrogens is 2. The number of nitrogens with two attached hydrogens (primary N) is 1. The molecule has 0 aliphatic heterocycles. The topological polar surface area (TPSA) is 88.7 Å². The summed E-state index contributed by atoms with van der Waals surface area (Å²) in [5.74, 6) is 0. The van der Waals surface area contributed by atoms with Gasteiger partial charge in [-0.1, -0.05) is 37.8 Å². The largest absolute Gasteiger partial charge is 0.416 e. The molecule has 0 spiro atoms. The summed E-state index contributed by atoms with van der Waals surface area (Å²) in [4.78, 5) is 8.53. The average molecular weight is 777 g/mol. The fraction of sp³-hybridized carbons (Fsp3) is 0.389. The van der Waals surface area contributed by atoms with Gasteiger partial charge < -0.3 is 24.7 Å². The molecule has 2 heterocycles. The highest BCUT2D eigenvalue weighted by molar-refractivity contribution is 9.10. The summed E-state index contributed by atoms with van der Waals surface area (Å²) in [5, 5.41) is 0. The van der Waals surface area contributed by atoms with Crippen LogP contribution < -0.4 is 5.73 Å². The first-order valence-electron chi connectivity index (χ1n) is 15.3. The molecule has 0 bridgehead atoms. The van der Waals surface area contributed by atoms with Gasteiger partial charge in [0.15, 0.2) is 0 Å². The third-order valence-corrected chi connectivity index (χ3v) is 6.70. The molecule has 50 heavy (non-hydrogen) atoms. The SMILES string of the molecule is C.CCOC(OCC)c1ccc(Br)cn1.CCOC(OCC)c1ccc(Cc2cccc(C(F)(F)F)c2)cn1.Nc1cccc(C(F)(F)F)c1. The summed E-state index contributed by atoms with van der Waals surface area (Å²) in [6, 6.07) is 17.3. The standard InChI is InChI=1S/C18H20F3NO2.C10H14BrNO2.C7H6F3N.CH4/c1-3-23-17(24-4-2)16-9-8-14(12-22-16)10-13-6-5-7-15(11-13)18(19,20)21;1-3-13-10(14-4-2)9-6-5-8(11)7-12-9;8-7(9,10)5-2-1-3-6(11)4-5;/h5-9,11-12,17H,3-4,10H2,1-2H3;5-7,10H,3-4H2,1-2H3;1-4H,11H2;1H4. The zero-order chi connectivity index (χ0) is 36.5. The molecule has 2 aromatic heterocycles. The molecule has 0 aliphatic rings. The summed E-state index contributed by atoms with van der Waals surface area (Å²) in [7, 11) is 0. The van der Waals surface area contributed by atoms with Crippen LogP contribution in [0.15, 0.2) is 89.7 Å². The maximum absolute atomic E-state index is 12.8. The molecule has 7 nitrogen and oxygen atoms in total. The first-order valence-corrected chi connectivity index (χ1v) is 16.1. The molecule has 276 valence electrons. The van der Waals surface area contributed by atoms with Gasteiger partial charge >= 0.3 is 12.4 Å². The summed E-state index contributed by atoms with van der Waals surface area (Å²) in [6.07, 6.45) is -5.75.